The minimum absolute atomic E-state index is 0.0101. The molecule has 3 rings (SSSR count). The Kier molecular flexibility index (Phi) is 2.67. The van der Waals surface area contributed by atoms with Gasteiger partial charge in [-0.15, -0.1) is 0 Å². The number of hydrogen-bond donors (Lipinski definition) is 2. The summed E-state index contributed by atoms with van der Waals surface area (Å²) in [5.74, 6) is 0. The van der Waals surface area contributed by atoms with Crippen LogP contribution in [-0.4, -0.2) is 29.2 Å². The average Bonchev–Trinajstić information content (AvgIpc) is 2.69. The first kappa shape index (κ1) is 11.2. The molecule has 4 nitrogen and oxygen atoms in total. The number of aliphatic hydroxyl groups is 2. The first-order valence-electron chi connectivity index (χ1n) is 5.89. The van der Waals surface area contributed by atoms with Gasteiger partial charge in [-0.25, -0.2) is 0 Å². The van der Waals surface area contributed by atoms with Crippen LogP contribution in [0.3, 0.4) is 0 Å². The predicted molar refractivity (Wildman–Crippen MR) is 60.1 cm³/mol. The molecule has 4 heteroatoms. The Morgan fingerprint density at radius 1 is 1.35 bits per heavy atom. The molecule has 2 aliphatic rings. The zero-order chi connectivity index (χ0) is 11.9. The second kappa shape index (κ2) is 4.07. The third-order valence-corrected chi connectivity index (χ3v) is 3.53. The molecule has 0 aliphatic carbocycles. The van der Waals surface area contributed by atoms with Crippen molar-refractivity contribution in [1.29, 1.82) is 0 Å². The number of aliphatic hydroxyl groups excluding tert-OH is 1. The summed E-state index contributed by atoms with van der Waals surface area (Å²) in [6, 6.07) is 7.45. The van der Waals surface area contributed by atoms with Crippen LogP contribution in [0.5, 0.6) is 0 Å². The average molecular weight is 236 g/mol. The molecule has 0 radical (unpaired) electrons. The van der Waals surface area contributed by atoms with Gasteiger partial charge in [0.05, 0.1) is 24.9 Å². The van der Waals surface area contributed by atoms with E-state index in [0.29, 0.717) is 19.4 Å². The topological polar surface area (TPSA) is 58.9 Å². The van der Waals surface area contributed by atoms with E-state index in [1.54, 1.807) is 0 Å². The van der Waals surface area contributed by atoms with Gasteiger partial charge in [0.15, 0.2) is 6.29 Å². The van der Waals surface area contributed by atoms with Gasteiger partial charge >= 0.3 is 0 Å². The van der Waals surface area contributed by atoms with Gasteiger partial charge in [0.25, 0.3) is 0 Å². The SMILES string of the molecule is OCc1cccc([C@]2(O)C[C@H]3CO[C@@H](C2)O3)c1. The minimum Gasteiger partial charge on any atom is -0.392 e. The second-order valence-electron chi connectivity index (χ2n) is 4.82. The normalized spacial score (nSPS) is 36.1. The Hall–Kier alpha value is -0.940. The van der Waals surface area contributed by atoms with E-state index in [-0.39, 0.29) is 19.0 Å². The second-order valence-corrected chi connectivity index (χ2v) is 4.82. The molecule has 2 N–H and O–H groups in total. The molecule has 0 spiro atoms. The van der Waals surface area contributed by atoms with Crippen molar-refractivity contribution in [2.75, 3.05) is 6.61 Å². The quantitative estimate of drug-likeness (QED) is 0.801. The van der Waals surface area contributed by atoms with Gasteiger partial charge < -0.3 is 19.7 Å². The van der Waals surface area contributed by atoms with Gasteiger partial charge in [-0.05, 0) is 11.1 Å². The number of benzene rings is 1. The van der Waals surface area contributed by atoms with E-state index in [2.05, 4.69) is 0 Å². The Balaban J connectivity index is 1.91. The lowest BCUT2D eigenvalue weighted by molar-refractivity contribution is -0.159. The highest BCUT2D eigenvalue weighted by atomic mass is 16.7. The van der Waals surface area contributed by atoms with E-state index in [0.717, 1.165) is 11.1 Å². The van der Waals surface area contributed by atoms with Crippen LogP contribution in [-0.2, 0) is 21.7 Å². The van der Waals surface area contributed by atoms with E-state index < -0.39 is 5.60 Å². The summed E-state index contributed by atoms with van der Waals surface area (Å²) >= 11 is 0. The Bertz CT molecular complexity index is 406. The molecular formula is C13H16O4. The zero-order valence-electron chi connectivity index (χ0n) is 9.50. The molecule has 2 aliphatic heterocycles. The summed E-state index contributed by atoms with van der Waals surface area (Å²) in [5.41, 5.74) is 0.762. The number of ether oxygens (including phenoxy) is 2. The van der Waals surface area contributed by atoms with E-state index in [9.17, 15) is 5.11 Å². The monoisotopic (exact) mass is 236 g/mol. The smallest absolute Gasteiger partial charge is 0.161 e. The molecule has 3 atom stereocenters. The Morgan fingerprint density at radius 2 is 2.24 bits per heavy atom. The number of hydrogen-bond acceptors (Lipinski definition) is 4. The summed E-state index contributed by atoms with van der Waals surface area (Å²) in [6.45, 7) is 0.552. The molecule has 1 aromatic rings. The minimum atomic E-state index is -0.894. The third kappa shape index (κ3) is 1.98. The van der Waals surface area contributed by atoms with Gasteiger partial charge in [0.2, 0.25) is 0 Å². The molecule has 2 saturated heterocycles. The first-order chi connectivity index (χ1) is 8.19. The summed E-state index contributed by atoms with van der Waals surface area (Å²) < 4.78 is 11.0. The summed E-state index contributed by atoms with van der Waals surface area (Å²) in [5, 5.41) is 19.8. The molecular weight excluding hydrogens is 220 g/mol. The lowest BCUT2D eigenvalue weighted by atomic mass is 9.83. The molecule has 0 unspecified atom stereocenters. The van der Waals surface area contributed by atoms with E-state index in [4.69, 9.17) is 14.6 Å². The van der Waals surface area contributed by atoms with Crippen molar-refractivity contribution >= 4 is 0 Å². The Labute approximate surface area is 99.8 Å². The largest absolute Gasteiger partial charge is 0.392 e. The lowest BCUT2D eigenvalue weighted by Crippen LogP contribution is -2.39. The van der Waals surface area contributed by atoms with Crippen molar-refractivity contribution in [1.82, 2.24) is 0 Å². The summed E-state index contributed by atoms with van der Waals surface area (Å²) in [7, 11) is 0. The number of fused-ring (bicyclic) bond motifs is 2. The third-order valence-electron chi connectivity index (χ3n) is 3.53. The molecule has 92 valence electrons. The molecule has 0 saturated carbocycles. The summed E-state index contributed by atoms with van der Waals surface area (Å²) in [4.78, 5) is 0. The zero-order valence-corrected chi connectivity index (χ0v) is 9.50. The van der Waals surface area contributed by atoms with Crippen LogP contribution in [0.15, 0.2) is 24.3 Å². The number of rotatable bonds is 2. The Morgan fingerprint density at radius 3 is 3.00 bits per heavy atom. The maximum Gasteiger partial charge on any atom is 0.161 e. The van der Waals surface area contributed by atoms with Gasteiger partial charge in [-0.2, -0.15) is 0 Å². The molecule has 0 amide bonds. The van der Waals surface area contributed by atoms with Crippen molar-refractivity contribution in [3.8, 4) is 0 Å². The van der Waals surface area contributed by atoms with Crippen molar-refractivity contribution < 1.29 is 19.7 Å². The van der Waals surface area contributed by atoms with Crippen molar-refractivity contribution in [2.45, 2.75) is 37.4 Å². The molecule has 1 aromatic carbocycles. The fourth-order valence-corrected chi connectivity index (χ4v) is 2.65. The van der Waals surface area contributed by atoms with Gasteiger partial charge in [0, 0.05) is 12.8 Å². The van der Waals surface area contributed by atoms with Crippen LogP contribution in [0, 0.1) is 0 Å². The van der Waals surface area contributed by atoms with Gasteiger partial charge in [-0.1, -0.05) is 24.3 Å². The fourth-order valence-electron chi connectivity index (χ4n) is 2.65. The molecule has 0 aromatic heterocycles. The van der Waals surface area contributed by atoms with Crippen LogP contribution in [0.2, 0.25) is 0 Å². The van der Waals surface area contributed by atoms with Crippen molar-refractivity contribution in [3.63, 3.8) is 0 Å². The molecule has 2 bridgehead atoms. The molecule has 17 heavy (non-hydrogen) atoms. The molecule has 2 fully saturated rings. The van der Waals surface area contributed by atoms with Gasteiger partial charge in [0.1, 0.15) is 0 Å². The van der Waals surface area contributed by atoms with E-state index in [1.165, 1.54) is 0 Å². The van der Waals surface area contributed by atoms with Crippen LogP contribution in [0.25, 0.3) is 0 Å². The standard InChI is InChI=1S/C13H16O4/c14-7-9-2-1-3-10(4-9)13(15)5-11-8-16-12(6-13)17-11/h1-4,11-12,14-15H,5-8H2/t11-,12+,13-/m0/s1. The molecule has 2 heterocycles. The maximum atomic E-state index is 10.7. The first-order valence-corrected chi connectivity index (χ1v) is 5.89. The van der Waals surface area contributed by atoms with Crippen LogP contribution < -0.4 is 0 Å². The predicted octanol–water partition coefficient (Wildman–Crippen LogP) is 0.902. The lowest BCUT2D eigenvalue weighted by Gasteiger charge is -2.35. The maximum absolute atomic E-state index is 10.7. The summed E-state index contributed by atoms with van der Waals surface area (Å²) in [6.07, 6.45) is 0.699. The highest BCUT2D eigenvalue weighted by molar-refractivity contribution is 5.28. The fraction of sp³-hybridized carbons (Fsp3) is 0.538. The highest BCUT2D eigenvalue weighted by Crippen LogP contribution is 2.41. The van der Waals surface area contributed by atoms with Crippen molar-refractivity contribution in [2.24, 2.45) is 0 Å². The van der Waals surface area contributed by atoms with Crippen molar-refractivity contribution in [3.05, 3.63) is 35.4 Å². The van der Waals surface area contributed by atoms with Crippen LogP contribution >= 0.6 is 0 Å². The van der Waals surface area contributed by atoms with E-state index >= 15 is 0 Å². The van der Waals surface area contributed by atoms with Crippen LogP contribution in [0.4, 0.5) is 0 Å². The highest BCUT2D eigenvalue weighted by Gasteiger charge is 2.45. The van der Waals surface area contributed by atoms with E-state index in [1.807, 2.05) is 24.3 Å². The van der Waals surface area contributed by atoms with Gasteiger partial charge in [-0.3, -0.25) is 0 Å². The van der Waals surface area contributed by atoms with Crippen LogP contribution in [0.1, 0.15) is 24.0 Å².